The number of hydrogen-bond donors (Lipinski definition) is 1. The maximum Gasteiger partial charge on any atom is 0.264 e. The number of aryl methyl sites for hydroxylation is 2. The third kappa shape index (κ3) is 2.40. The summed E-state index contributed by atoms with van der Waals surface area (Å²) in [5, 5.41) is 8.05. The Bertz CT molecular complexity index is 623. The molecule has 3 heterocycles. The fraction of sp³-hybridized carbons (Fsp3) is 0.615. The van der Waals surface area contributed by atoms with Crippen molar-refractivity contribution in [1.29, 1.82) is 0 Å². The quantitative estimate of drug-likeness (QED) is 0.875. The highest BCUT2D eigenvalue weighted by atomic mass is 16.1. The van der Waals surface area contributed by atoms with Crippen molar-refractivity contribution in [2.45, 2.75) is 25.8 Å². The number of hydrogen-bond acceptors (Lipinski definition) is 4. The van der Waals surface area contributed by atoms with Crippen LogP contribution in [0.4, 0.5) is 0 Å². The summed E-state index contributed by atoms with van der Waals surface area (Å²) in [6, 6.07) is 0. The average Bonchev–Trinajstić information content (AvgIpc) is 2.82. The van der Waals surface area contributed by atoms with Gasteiger partial charge in [0.05, 0.1) is 12.5 Å². The Morgan fingerprint density at radius 2 is 2.21 bits per heavy atom. The summed E-state index contributed by atoms with van der Waals surface area (Å²) in [5.41, 5.74) is 0.676. The van der Waals surface area contributed by atoms with Gasteiger partial charge in [-0.15, -0.1) is 0 Å². The molecule has 0 radical (unpaired) electrons. The second-order valence-corrected chi connectivity index (χ2v) is 5.23. The highest BCUT2D eigenvalue weighted by Gasteiger charge is 2.14. The van der Waals surface area contributed by atoms with Crippen molar-refractivity contribution in [3.05, 3.63) is 22.9 Å². The van der Waals surface area contributed by atoms with E-state index in [0.717, 1.165) is 32.0 Å². The van der Waals surface area contributed by atoms with Crippen LogP contribution in [0.5, 0.6) is 0 Å². The Hall–Kier alpha value is -1.69. The van der Waals surface area contributed by atoms with Crippen molar-refractivity contribution < 1.29 is 0 Å². The van der Waals surface area contributed by atoms with Gasteiger partial charge < -0.3 is 5.32 Å². The summed E-state index contributed by atoms with van der Waals surface area (Å²) < 4.78 is 3.35. The van der Waals surface area contributed by atoms with Crippen LogP contribution in [-0.4, -0.2) is 32.4 Å². The molecule has 1 fully saturated rings. The van der Waals surface area contributed by atoms with Gasteiger partial charge in [0.25, 0.3) is 5.56 Å². The number of fused-ring (bicyclic) bond motifs is 1. The summed E-state index contributed by atoms with van der Waals surface area (Å²) in [7, 11) is 1.80. The van der Waals surface area contributed by atoms with Gasteiger partial charge in [-0.1, -0.05) is 0 Å². The van der Waals surface area contributed by atoms with Crippen LogP contribution >= 0.6 is 0 Å². The van der Waals surface area contributed by atoms with Crippen LogP contribution in [0.25, 0.3) is 11.0 Å². The number of piperidine rings is 1. The molecule has 0 bridgehead atoms. The second-order valence-electron chi connectivity index (χ2n) is 5.23. The Kier molecular flexibility index (Phi) is 3.33. The molecule has 3 rings (SSSR count). The first-order valence-corrected chi connectivity index (χ1v) is 6.83. The predicted octanol–water partition coefficient (Wildman–Crippen LogP) is 0.520. The lowest BCUT2D eigenvalue weighted by Gasteiger charge is -2.22. The molecule has 1 aliphatic heterocycles. The molecule has 2 aromatic heterocycles. The number of rotatable bonds is 3. The highest BCUT2D eigenvalue weighted by molar-refractivity contribution is 5.72. The second kappa shape index (κ2) is 5.13. The van der Waals surface area contributed by atoms with Crippen molar-refractivity contribution >= 4 is 11.0 Å². The first-order valence-electron chi connectivity index (χ1n) is 6.83. The van der Waals surface area contributed by atoms with E-state index in [2.05, 4.69) is 15.4 Å². The minimum absolute atomic E-state index is 0.0204. The fourth-order valence-electron chi connectivity index (χ4n) is 2.72. The summed E-state index contributed by atoms with van der Waals surface area (Å²) in [4.78, 5) is 16.6. The standard InChI is InChI=1S/C13H19N5O/c1-17-12-11(8-16-17)13(19)18(9-15-12)7-4-10-2-5-14-6-3-10/h8-10,14H,2-7H2,1H3. The Morgan fingerprint density at radius 1 is 1.42 bits per heavy atom. The van der Waals surface area contributed by atoms with Crippen LogP contribution in [-0.2, 0) is 13.6 Å². The molecule has 102 valence electrons. The van der Waals surface area contributed by atoms with Gasteiger partial charge in [0.1, 0.15) is 5.39 Å². The van der Waals surface area contributed by atoms with Crippen LogP contribution in [0.15, 0.2) is 17.3 Å². The van der Waals surface area contributed by atoms with Gasteiger partial charge in [0.15, 0.2) is 5.65 Å². The zero-order valence-corrected chi connectivity index (χ0v) is 11.2. The topological polar surface area (TPSA) is 64.7 Å². The minimum Gasteiger partial charge on any atom is -0.317 e. The molecule has 2 aromatic rings. The molecule has 19 heavy (non-hydrogen) atoms. The van der Waals surface area contributed by atoms with Crippen molar-refractivity contribution in [2.75, 3.05) is 13.1 Å². The largest absolute Gasteiger partial charge is 0.317 e. The van der Waals surface area contributed by atoms with Gasteiger partial charge in [0.2, 0.25) is 0 Å². The van der Waals surface area contributed by atoms with Gasteiger partial charge in [-0.25, -0.2) is 4.98 Å². The van der Waals surface area contributed by atoms with Crippen molar-refractivity contribution in [1.82, 2.24) is 24.6 Å². The van der Waals surface area contributed by atoms with E-state index in [9.17, 15) is 4.79 Å². The lowest BCUT2D eigenvalue weighted by atomic mass is 9.95. The van der Waals surface area contributed by atoms with E-state index in [1.54, 1.807) is 28.8 Å². The van der Waals surface area contributed by atoms with Gasteiger partial charge in [-0.05, 0) is 38.3 Å². The molecule has 0 amide bonds. The fourth-order valence-corrected chi connectivity index (χ4v) is 2.72. The third-order valence-corrected chi connectivity index (χ3v) is 3.96. The summed E-state index contributed by atoms with van der Waals surface area (Å²) in [6.07, 6.45) is 6.71. The zero-order valence-electron chi connectivity index (χ0n) is 11.2. The van der Waals surface area contributed by atoms with Crippen LogP contribution in [0.3, 0.4) is 0 Å². The van der Waals surface area contributed by atoms with Crippen LogP contribution in [0, 0.1) is 5.92 Å². The molecule has 6 heteroatoms. The molecule has 0 unspecified atom stereocenters. The first kappa shape index (κ1) is 12.3. The molecule has 1 N–H and O–H groups in total. The highest BCUT2D eigenvalue weighted by Crippen LogP contribution is 2.16. The van der Waals surface area contributed by atoms with E-state index >= 15 is 0 Å². The molecule has 0 saturated carbocycles. The SMILES string of the molecule is Cn1ncc2c(=O)n(CCC3CCNCC3)cnc21. The first-order chi connectivity index (χ1) is 9.25. The maximum absolute atomic E-state index is 12.3. The molecule has 6 nitrogen and oxygen atoms in total. The Morgan fingerprint density at radius 3 is 3.00 bits per heavy atom. The Labute approximate surface area is 111 Å². The molecule has 0 spiro atoms. The van der Waals surface area contributed by atoms with E-state index in [0.29, 0.717) is 11.0 Å². The van der Waals surface area contributed by atoms with Crippen LogP contribution < -0.4 is 10.9 Å². The zero-order chi connectivity index (χ0) is 13.2. The van der Waals surface area contributed by atoms with Gasteiger partial charge in [0, 0.05) is 13.6 Å². The van der Waals surface area contributed by atoms with Crippen molar-refractivity contribution in [2.24, 2.45) is 13.0 Å². The van der Waals surface area contributed by atoms with Crippen molar-refractivity contribution in [3.63, 3.8) is 0 Å². The third-order valence-electron chi connectivity index (χ3n) is 3.96. The molecule has 0 aromatic carbocycles. The lowest BCUT2D eigenvalue weighted by molar-refractivity contribution is 0.336. The average molecular weight is 261 g/mol. The minimum atomic E-state index is 0.0204. The van der Waals surface area contributed by atoms with Crippen LogP contribution in [0.2, 0.25) is 0 Å². The van der Waals surface area contributed by atoms with E-state index in [4.69, 9.17) is 0 Å². The van der Waals surface area contributed by atoms with Crippen LogP contribution in [0.1, 0.15) is 19.3 Å². The molecular formula is C13H19N5O. The van der Waals surface area contributed by atoms with E-state index < -0.39 is 0 Å². The van der Waals surface area contributed by atoms with Gasteiger partial charge in [-0.3, -0.25) is 14.0 Å². The van der Waals surface area contributed by atoms with E-state index in [1.807, 2.05) is 0 Å². The van der Waals surface area contributed by atoms with E-state index in [1.165, 1.54) is 12.8 Å². The normalized spacial score (nSPS) is 17.1. The maximum atomic E-state index is 12.3. The number of nitrogens with zero attached hydrogens (tertiary/aromatic N) is 4. The molecule has 0 atom stereocenters. The summed E-state index contributed by atoms with van der Waals surface area (Å²) in [5.74, 6) is 0.720. The molecule has 0 aliphatic carbocycles. The number of nitrogens with one attached hydrogen (secondary N) is 1. The van der Waals surface area contributed by atoms with E-state index in [-0.39, 0.29) is 5.56 Å². The Balaban J connectivity index is 1.77. The van der Waals surface area contributed by atoms with Gasteiger partial charge in [-0.2, -0.15) is 5.10 Å². The van der Waals surface area contributed by atoms with Crippen molar-refractivity contribution in [3.8, 4) is 0 Å². The molecule has 1 saturated heterocycles. The van der Waals surface area contributed by atoms with Gasteiger partial charge >= 0.3 is 0 Å². The molecular weight excluding hydrogens is 242 g/mol. The monoisotopic (exact) mass is 261 g/mol. The predicted molar refractivity (Wildman–Crippen MR) is 73.0 cm³/mol. The number of aromatic nitrogens is 4. The lowest BCUT2D eigenvalue weighted by Crippen LogP contribution is -2.29. The smallest absolute Gasteiger partial charge is 0.264 e. The summed E-state index contributed by atoms with van der Waals surface area (Å²) in [6.45, 7) is 2.94. The summed E-state index contributed by atoms with van der Waals surface area (Å²) >= 11 is 0. The molecule has 1 aliphatic rings.